The van der Waals surface area contributed by atoms with Gasteiger partial charge in [0.1, 0.15) is 5.75 Å². The zero-order chi connectivity index (χ0) is 24.8. The number of alkyl halides is 3. The molecule has 0 spiro atoms. The number of ether oxygens (including phenoxy) is 1. The highest BCUT2D eigenvalue weighted by atomic mass is 19.4. The van der Waals surface area contributed by atoms with E-state index >= 15 is 0 Å². The molecule has 0 aromatic heterocycles. The molecule has 0 saturated carbocycles. The quantitative estimate of drug-likeness (QED) is 0.608. The molecule has 2 aromatic rings. The number of aliphatic hydroxyl groups excluding tert-OH is 1. The second-order valence-corrected chi connectivity index (χ2v) is 9.32. The molecule has 1 amide bonds. The number of rotatable bonds is 7. The number of benzene rings is 2. The van der Waals surface area contributed by atoms with Crippen molar-refractivity contribution in [2.75, 3.05) is 37.7 Å². The van der Waals surface area contributed by atoms with Gasteiger partial charge in [-0.3, -0.25) is 4.79 Å². The average molecular weight is 492 g/mol. The summed E-state index contributed by atoms with van der Waals surface area (Å²) >= 11 is 0. The van der Waals surface area contributed by atoms with Crippen molar-refractivity contribution in [2.24, 2.45) is 5.92 Å². The first-order chi connectivity index (χ1) is 16.8. The SMILES string of the molecule is O=C(c1ccc(N2CCC(NCc3ccc(OC(F)(F)F)cc3)CC2)cc1)N1CCCC(CO)C1. The molecule has 190 valence electrons. The van der Waals surface area contributed by atoms with Gasteiger partial charge >= 0.3 is 6.36 Å². The van der Waals surface area contributed by atoms with E-state index in [4.69, 9.17) is 0 Å². The van der Waals surface area contributed by atoms with Gasteiger partial charge in [-0.15, -0.1) is 13.2 Å². The zero-order valence-corrected chi connectivity index (χ0v) is 19.6. The van der Waals surface area contributed by atoms with Crippen LogP contribution in [0.1, 0.15) is 41.6 Å². The van der Waals surface area contributed by atoms with E-state index in [-0.39, 0.29) is 24.2 Å². The lowest BCUT2D eigenvalue weighted by atomic mass is 9.98. The monoisotopic (exact) mass is 491 g/mol. The lowest BCUT2D eigenvalue weighted by Gasteiger charge is -2.34. The van der Waals surface area contributed by atoms with Crippen LogP contribution in [0.5, 0.6) is 5.75 Å². The van der Waals surface area contributed by atoms with Crippen LogP contribution in [-0.4, -0.2) is 61.1 Å². The van der Waals surface area contributed by atoms with Gasteiger partial charge in [0, 0.05) is 56.6 Å². The predicted octanol–water partition coefficient (Wildman–Crippen LogP) is 4.19. The van der Waals surface area contributed by atoms with Crippen molar-refractivity contribution in [3.8, 4) is 5.75 Å². The van der Waals surface area contributed by atoms with Gasteiger partial charge in [-0.25, -0.2) is 0 Å². The van der Waals surface area contributed by atoms with Crippen molar-refractivity contribution in [3.05, 3.63) is 59.7 Å². The average Bonchev–Trinajstić information content (AvgIpc) is 2.87. The van der Waals surface area contributed by atoms with Crippen LogP contribution in [0.3, 0.4) is 0 Å². The summed E-state index contributed by atoms with van der Waals surface area (Å²) in [5.74, 6) is -0.0205. The Balaban J connectivity index is 1.22. The van der Waals surface area contributed by atoms with Gasteiger partial charge in [-0.1, -0.05) is 12.1 Å². The molecular formula is C26H32F3N3O3. The number of amides is 1. The highest BCUT2D eigenvalue weighted by Gasteiger charge is 2.31. The van der Waals surface area contributed by atoms with Gasteiger partial charge in [-0.05, 0) is 73.6 Å². The molecular weight excluding hydrogens is 459 g/mol. The maximum absolute atomic E-state index is 12.8. The molecule has 2 aromatic carbocycles. The third kappa shape index (κ3) is 7.11. The molecule has 35 heavy (non-hydrogen) atoms. The van der Waals surface area contributed by atoms with Gasteiger partial charge in [0.15, 0.2) is 0 Å². The number of nitrogens with one attached hydrogen (secondary N) is 1. The number of nitrogens with zero attached hydrogens (tertiary/aromatic N) is 2. The fourth-order valence-corrected chi connectivity index (χ4v) is 4.81. The predicted molar refractivity (Wildman–Crippen MR) is 127 cm³/mol. The highest BCUT2D eigenvalue weighted by Crippen LogP contribution is 2.24. The summed E-state index contributed by atoms with van der Waals surface area (Å²) in [4.78, 5) is 17.0. The Morgan fingerprint density at radius 3 is 2.31 bits per heavy atom. The number of hydrogen-bond donors (Lipinski definition) is 2. The Hall–Kier alpha value is -2.78. The summed E-state index contributed by atoms with van der Waals surface area (Å²) in [6.45, 7) is 3.82. The molecule has 0 radical (unpaired) electrons. The van der Waals surface area contributed by atoms with Crippen molar-refractivity contribution in [1.82, 2.24) is 10.2 Å². The maximum atomic E-state index is 12.8. The molecule has 2 saturated heterocycles. The first-order valence-electron chi connectivity index (χ1n) is 12.1. The molecule has 0 bridgehead atoms. The van der Waals surface area contributed by atoms with E-state index < -0.39 is 6.36 Å². The molecule has 2 N–H and O–H groups in total. The van der Waals surface area contributed by atoms with Crippen LogP contribution in [0.4, 0.5) is 18.9 Å². The lowest BCUT2D eigenvalue weighted by Crippen LogP contribution is -2.42. The molecule has 1 unspecified atom stereocenters. The van der Waals surface area contributed by atoms with E-state index in [9.17, 15) is 23.1 Å². The van der Waals surface area contributed by atoms with Crippen LogP contribution >= 0.6 is 0 Å². The number of anilines is 1. The number of hydrogen-bond acceptors (Lipinski definition) is 5. The van der Waals surface area contributed by atoms with E-state index in [1.54, 1.807) is 12.1 Å². The minimum atomic E-state index is -4.68. The van der Waals surface area contributed by atoms with Crippen LogP contribution in [-0.2, 0) is 6.54 Å². The van der Waals surface area contributed by atoms with Gasteiger partial charge in [-0.2, -0.15) is 0 Å². The normalized spacial score (nSPS) is 19.6. The molecule has 2 heterocycles. The summed E-state index contributed by atoms with van der Waals surface area (Å²) in [5.41, 5.74) is 2.67. The van der Waals surface area contributed by atoms with Crippen LogP contribution in [0.15, 0.2) is 48.5 Å². The van der Waals surface area contributed by atoms with Crippen molar-refractivity contribution >= 4 is 11.6 Å². The maximum Gasteiger partial charge on any atom is 0.573 e. The van der Waals surface area contributed by atoms with Crippen LogP contribution in [0, 0.1) is 5.92 Å². The van der Waals surface area contributed by atoms with E-state index in [0.29, 0.717) is 24.7 Å². The summed E-state index contributed by atoms with van der Waals surface area (Å²) in [6.07, 6.45) is -0.886. The van der Waals surface area contributed by atoms with Crippen molar-refractivity contribution in [3.63, 3.8) is 0 Å². The van der Waals surface area contributed by atoms with Crippen molar-refractivity contribution in [1.29, 1.82) is 0 Å². The Morgan fingerprint density at radius 1 is 1.00 bits per heavy atom. The molecule has 0 aliphatic carbocycles. The molecule has 2 aliphatic heterocycles. The molecule has 9 heteroatoms. The van der Waals surface area contributed by atoms with E-state index in [1.807, 2.05) is 29.2 Å². The number of likely N-dealkylation sites (tertiary alicyclic amines) is 1. The molecule has 2 aliphatic rings. The minimum Gasteiger partial charge on any atom is -0.406 e. The largest absolute Gasteiger partial charge is 0.573 e. The zero-order valence-electron chi connectivity index (χ0n) is 19.6. The first-order valence-corrected chi connectivity index (χ1v) is 12.1. The Labute approximate surface area is 203 Å². The smallest absolute Gasteiger partial charge is 0.406 e. The fraction of sp³-hybridized carbons (Fsp3) is 0.500. The topological polar surface area (TPSA) is 65.0 Å². The second kappa shape index (κ2) is 11.3. The van der Waals surface area contributed by atoms with Gasteiger partial charge in [0.25, 0.3) is 5.91 Å². The van der Waals surface area contributed by atoms with Crippen LogP contribution in [0.25, 0.3) is 0 Å². The lowest BCUT2D eigenvalue weighted by molar-refractivity contribution is -0.274. The highest BCUT2D eigenvalue weighted by molar-refractivity contribution is 5.94. The van der Waals surface area contributed by atoms with Gasteiger partial charge in [0.05, 0.1) is 0 Å². The number of carbonyl (C=O) groups is 1. The van der Waals surface area contributed by atoms with Crippen molar-refractivity contribution < 1.29 is 27.8 Å². The van der Waals surface area contributed by atoms with Crippen molar-refractivity contribution in [2.45, 2.75) is 44.6 Å². The summed E-state index contributed by atoms with van der Waals surface area (Å²) in [5, 5.41) is 12.9. The first kappa shape index (κ1) is 25.3. The Morgan fingerprint density at radius 2 is 1.69 bits per heavy atom. The molecule has 2 fully saturated rings. The molecule has 4 rings (SSSR count). The minimum absolute atomic E-state index is 0.0237. The standard InChI is InChI=1S/C26H32F3N3O3/c27-26(28,29)35-24-9-3-19(4-10-24)16-30-22-11-14-31(15-12-22)23-7-5-21(6-8-23)25(34)32-13-1-2-20(17-32)18-33/h3-10,20,22,30,33H,1-2,11-18H2. The van der Waals surface area contributed by atoms with Crippen LogP contribution in [0.2, 0.25) is 0 Å². The third-order valence-corrected chi connectivity index (χ3v) is 6.79. The summed E-state index contributed by atoms with van der Waals surface area (Å²) in [7, 11) is 0. The second-order valence-electron chi connectivity index (χ2n) is 9.32. The van der Waals surface area contributed by atoms with E-state index in [0.717, 1.165) is 56.6 Å². The summed E-state index contributed by atoms with van der Waals surface area (Å²) < 4.78 is 40.8. The van der Waals surface area contributed by atoms with E-state index in [2.05, 4.69) is 15.0 Å². The van der Waals surface area contributed by atoms with E-state index in [1.165, 1.54) is 12.1 Å². The van der Waals surface area contributed by atoms with Gasteiger partial charge < -0.3 is 25.0 Å². The third-order valence-electron chi connectivity index (χ3n) is 6.79. The number of halogens is 3. The Bertz CT molecular complexity index is 959. The number of carbonyl (C=O) groups excluding carboxylic acids is 1. The summed E-state index contributed by atoms with van der Waals surface area (Å²) in [6, 6.07) is 14.0. The Kier molecular flexibility index (Phi) is 8.18. The van der Waals surface area contributed by atoms with Crippen LogP contribution < -0.4 is 15.0 Å². The van der Waals surface area contributed by atoms with Gasteiger partial charge in [0.2, 0.25) is 0 Å². The number of piperidine rings is 2. The molecule has 1 atom stereocenters. The number of aliphatic hydroxyl groups is 1. The fourth-order valence-electron chi connectivity index (χ4n) is 4.81. The molecule has 6 nitrogen and oxygen atoms in total.